The van der Waals surface area contributed by atoms with Crippen LogP contribution in [-0.2, 0) is 4.79 Å². The summed E-state index contributed by atoms with van der Waals surface area (Å²) in [7, 11) is 0. The zero-order chi connectivity index (χ0) is 5.70. The number of hydrogen-bond donors (Lipinski definition) is 2. The first kappa shape index (κ1) is 6.43. The molecule has 0 aromatic carbocycles. The maximum Gasteiger partial charge on any atom is 0.207 e. The molecule has 1 atom stereocenters. The average Bonchev–Trinajstić information content (AvgIpc) is 1.61. The van der Waals surface area contributed by atoms with Crippen molar-refractivity contribution in [1.29, 1.82) is 0 Å². The van der Waals surface area contributed by atoms with Crippen LogP contribution in [0.1, 0.15) is 6.92 Å². The fraction of sp³-hybridized carbons (Fsp3) is 0.750. The van der Waals surface area contributed by atoms with E-state index in [0.717, 1.165) is 0 Å². The van der Waals surface area contributed by atoms with Crippen molar-refractivity contribution >= 4 is 6.41 Å². The van der Waals surface area contributed by atoms with E-state index in [2.05, 4.69) is 5.32 Å². The van der Waals surface area contributed by atoms with E-state index in [4.69, 9.17) is 5.11 Å². The predicted molar refractivity (Wildman–Crippen MR) is 25.7 cm³/mol. The van der Waals surface area contributed by atoms with E-state index in [9.17, 15) is 4.79 Å². The SMILES string of the molecule is CC(O)CNC=O. The molecular formula is C4H9NO2. The summed E-state index contributed by atoms with van der Waals surface area (Å²) in [5.74, 6) is 0. The van der Waals surface area contributed by atoms with Gasteiger partial charge in [-0.05, 0) is 6.92 Å². The van der Waals surface area contributed by atoms with Crippen LogP contribution in [0.3, 0.4) is 0 Å². The van der Waals surface area contributed by atoms with Gasteiger partial charge < -0.3 is 10.4 Å². The molecule has 0 aliphatic rings. The third-order valence-corrected chi connectivity index (χ3v) is 0.497. The molecule has 3 nitrogen and oxygen atoms in total. The summed E-state index contributed by atoms with van der Waals surface area (Å²) in [5.41, 5.74) is 0. The van der Waals surface area contributed by atoms with Crippen LogP contribution in [0.15, 0.2) is 0 Å². The zero-order valence-electron chi connectivity index (χ0n) is 4.22. The highest BCUT2D eigenvalue weighted by Crippen LogP contribution is 1.69. The summed E-state index contributed by atoms with van der Waals surface area (Å²) in [5, 5.41) is 10.8. The molecule has 0 saturated carbocycles. The van der Waals surface area contributed by atoms with Gasteiger partial charge in [0.1, 0.15) is 0 Å². The second kappa shape index (κ2) is 3.61. The van der Waals surface area contributed by atoms with Gasteiger partial charge in [-0.2, -0.15) is 0 Å². The third-order valence-electron chi connectivity index (χ3n) is 0.497. The van der Waals surface area contributed by atoms with Gasteiger partial charge in [-0.25, -0.2) is 0 Å². The first-order valence-corrected chi connectivity index (χ1v) is 2.12. The monoisotopic (exact) mass is 103 g/mol. The first-order valence-electron chi connectivity index (χ1n) is 2.12. The molecule has 1 amide bonds. The Kier molecular flexibility index (Phi) is 3.32. The summed E-state index contributed by atoms with van der Waals surface area (Å²) in [6.45, 7) is 1.94. The van der Waals surface area contributed by atoms with Crippen molar-refractivity contribution in [2.45, 2.75) is 13.0 Å². The van der Waals surface area contributed by atoms with Gasteiger partial charge in [0.15, 0.2) is 0 Å². The minimum atomic E-state index is -0.440. The molecule has 0 spiro atoms. The van der Waals surface area contributed by atoms with E-state index in [1.165, 1.54) is 0 Å². The highest BCUT2D eigenvalue weighted by molar-refractivity contribution is 5.45. The van der Waals surface area contributed by atoms with Crippen LogP contribution in [0.4, 0.5) is 0 Å². The zero-order valence-corrected chi connectivity index (χ0v) is 4.22. The quantitative estimate of drug-likeness (QED) is 0.455. The van der Waals surface area contributed by atoms with Crippen LogP contribution >= 0.6 is 0 Å². The fourth-order valence-corrected chi connectivity index (χ4v) is 0.219. The van der Waals surface area contributed by atoms with Gasteiger partial charge in [0.05, 0.1) is 6.10 Å². The van der Waals surface area contributed by atoms with Crippen molar-refractivity contribution in [2.75, 3.05) is 6.54 Å². The van der Waals surface area contributed by atoms with Crippen LogP contribution < -0.4 is 5.32 Å². The van der Waals surface area contributed by atoms with Crippen molar-refractivity contribution in [1.82, 2.24) is 5.32 Å². The van der Waals surface area contributed by atoms with Crippen molar-refractivity contribution in [3.05, 3.63) is 0 Å². The predicted octanol–water partition coefficient (Wildman–Crippen LogP) is -0.887. The number of hydrogen-bond acceptors (Lipinski definition) is 2. The number of carbonyl (C=O) groups is 1. The molecule has 0 aliphatic carbocycles. The molecule has 0 aliphatic heterocycles. The second-order valence-electron chi connectivity index (χ2n) is 1.38. The Labute approximate surface area is 42.3 Å². The number of aliphatic hydroxyl groups is 1. The minimum absolute atomic E-state index is 0.337. The lowest BCUT2D eigenvalue weighted by molar-refractivity contribution is -0.109. The van der Waals surface area contributed by atoms with Crippen LogP contribution in [0.2, 0.25) is 0 Å². The third kappa shape index (κ3) is 5.43. The smallest absolute Gasteiger partial charge is 0.207 e. The Balaban J connectivity index is 2.81. The fourth-order valence-electron chi connectivity index (χ4n) is 0.219. The maximum atomic E-state index is 9.49. The number of amides is 1. The summed E-state index contributed by atoms with van der Waals surface area (Å²) >= 11 is 0. The molecule has 0 radical (unpaired) electrons. The highest BCUT2D eigenvalue weighted by Gasteiger charge is 1.88. The van der Waals surface area contributed by atoms with E-state index < -0.39 is 6.10 Å². The molecule has 0 aromatic rings. The molecule has 2 N–H and O–H groups in total. The molecule has 0 rings (SSSR count). The first-order chi connectivity index (χ1) is 3.27. The molecule has 3 heteroatoms. The lowest BCUT2D eigenvalue weighted by atomic mass is 10.4. The Morgan fingerprint density at radius 3 is 2.71 bits per heavy atom. The van der Waals surface area contributed by atoms with Crippen molar-refractivity contribution < 1.29 is 9.90 Å². The van der Waals surface area contributed by atoms with Crippen LogP contribution in [-0.4, -0.2) is 24.2 Å². The topological polar surface area (TPSA) is 49.3 Å². The van der Waals surface area contributed by atoms with Crippen molar-refractivity contribution in [3.8, 4) is 0 Å². The number of aliphatic hydroxyl groups excluding tert-OH is 1. The van der Waals surface area contributed by atoms with Gasteiger partial charge in [0, 0.05) is 6.54 Å². The molecule has 0 bridgehead atoms. The lowest BCUT2D eigenvalue weighted by Crippen LogP contribution is -2.22. The molecule has 1 unspecified atom stereocenters. The van der Waals surface area contributed by atoms with Gasteiger partial charge >= 0.3 is 0 Å². The Bertz CT molecular complexity index is 53.7. The van der Waals surface area contributed by atoms with E-state index in [0.29, 0.717) is 13.0 Å². The van der Waals surface area contributed by atoms with E-state index >= 15 is 0 Å². The number of nitrogens with one attached hydrogen (secondary N) is 1. The standard InChI is InChI=1S/C4H9NO2/c1-4(7)2-5-3-6/h3-4,7H,2H2,1H3,(H,5,6). The van der Waals surface area contributed by atoms with Gasteiger partial charge in [-0.1, -0.05) is 0 Å². The van der Waals surface area contributed by atoms with Gasteiger partial charge in [-0.15, -0.1) is 0 Å². The van der Waals surface area contributed by atoms with Gasteiger partial charge in [0.2, 0.25) is 6.41 Å². The van der Waals surface area contributed by atoms with Gasteiger partial charge in [-0.3, -0.25) is 4.79 Å². The Hall–Kier alpha value is -0.570. The van der Waals surface area contributed by atoms with Crippen molar-refractivity contribution in [3.63, 3.8) is 0 Å². The molecule has 0 aromatic heterocycles. The summed E-state index contributed by atoms with van der Waals surface area (Å²) < 4.78 is 0. The molecule has 0 saturated heterocycles. The lowest BCUT2D eigenvalue weighted by Gasteiger charge is -1.98. The largest absolute Gasteiger partial charge is 0.392 e. The maximum absolute atomic E-state index is 9.49. The number of rotatable bonds is 3. The summed E-state index contributed by atoms with van der Waals surface area (Å²) in [6, 6.07) is 0. The number of carbonyl (C=O) groups excluding carboxylic acids is 1. The van der Waals surface area contributed by atoms with Gasteiger partial charge in [0.25, 0.3) is 0 Å². The second-order valence-corrected chi connectivity index (χ2v) is 1.38. The molecular weight excluding hydrogens is 94.0 g/mol. The van der Waals surface area contributed by atoms with E-state index in [-0.39, 0.29) is 0 Å². The minimum Gasteiger partial charge on any atom is -0.392 e. The Morgan fingerprint density at radius 1 is 2.00 bits per heavy atom. The van der Waals surface area contributed by atoms with Crippen LogP contribution in [0, 0.1) is 0 Å². The van der Waals surface area contributed by atoms with Crippen molar-refractivity contribution in [2.24, 2.45) is 0 Å². The normalized spacial score (nSPS) is 12.9. The highest BCUT2D eigenvalue weighted by atomic mass is 16.3. The molecule has 0 heterocycles. The van der Waals surface area contributed by atoms with E-state index in [1.807, 2.05) is 0 Å². The summed E-state index contributed by atoms with van der Waals surface area (Å²) in [4.78, 5) is 9.49. The molecule has 0 fully saturated rings. The molecule has 42 valence electrons. The Morgan fingerprint density at radius 2 is 2.57 bits per heavy atom. The molecule has 7 heavy (non-hydrogen) atoms. The van der Waals surface area contributed by atoms with Crippen LogP contribution in [0.25, 0.3) is 0 Å². The summed E-state index contributed by atoms with van der Waals surface area (Å²) in [6.07, 6.45) is 0.123. The van der Waals surface area contributed by atoms with E-state index in [1.54, 1.807) is 6.92 Å². The van der Waals surface area contributed by atoms with Crippen LogP contribution in [0.5, 0.6) is 0 Å². The average molecular weight is 103 g/mol.